The Balaban J connectivity index is 2.29. The van der Waals surface area contributed by atoms with Crippen molar-refractivity contribution in [2.24, 2.45) is 5.73 Å². The summed E-state index contributed by atoms with van der Waals surface area (Å²) in [6.07, 6.45) is 0. The van der Waals surface area contributed by atoms with Crippen LogP contribution in [0.3, 0.4) is 0 Å². The maximum Gasteiger partial charge on any atom is 0.258 e. The summed E-state index contributed by atoms with van der Waals surface area (Å²) in [6, 6.07) is 6.33. The predicted octanol–water partition coefficient (Wildman–Crippen LogP) is -0.405. The summed E-state index contributed by atoms with van der Waals surface area (Å²) in [5, 5.41) is 3.06. The average molecular weight is 263 g/mol. The second-order valence-electron chi connectivity index (χ2n) is 4.32. The van der Waals surface area contributed by atoms with Crippen molar-refractivity contribution in [2.75, 3.05) is 26.7 Å². The van der Waals surface area contributed by atoms with Crippen LogP contribution >= 0.6 is 0 Å². The van der Waals surface area contributed by atoms with Crippen molar-refractivity contribution in [1.82, 2.24) is 10.2 Å². The van der Waals surface area contributed by atoms with Crippen molar-refractivity contribution in [3.63, 3.8) is 0 Å². The maximum absolute atomic E-state index is 12.5. The summed E-state index contributed by atoms with van der Waals surface area (Å²) in [5.41, 5.74) is 5.78. The third-order valence-electron chi connectivity index (χ3n) is 3.17. The zero-order valence-electron chi connectivity index (χ0n) is 10.8. The van der Waals surface area contributed by atoms with Gasteiger partial charge in [0, 0.05) is 19.6 Å². The third-order valence-corrected chi connectivity index (χ3v) is 3.17. The molecule has 1 atom stereocenters. The van der Waals surface area contributed by atoms with E-state index in [2.05, 4.69) is 5.32 Å². The van der Waals surface area contributed by atoms with E-state index in [0.717, 1.165) is 0 Å². The Bertz CT molecular complexity index is 490. The summed E-state index contributed by atoms with van der Waals surface area (Å²) in [7, 11) is 1.51. The predicted molar refractivity (Wildman–Crippen MR) is 69.9 cm³/mol. The second-order valence-corrected chi connectivity index (χ2v) is 4.32. The Labute approximate surface area is 111 Å². The van der Waals surface area contributed by atoms with E-state index < -0.39 is 11.9 Å². The fourth-order valence-corrected chi connectivity index (χ4v) is 2.18. The molecule has 0 radical (unpaired) electrons. The van der Waals surface area contributed by atoms with Crippen molar-refractivity contribution < 1.29 is 14.3 Å². The van der Waals surface area contributed by atoms with Crippen LogP contribution in [0.5, 0.6) is 5.75 Å². The molecule has 6 heteroatoms. The van der Waals surface area contributed by atoms with Gasteiger partial charge in [0.05, 0.1) is 12.7 Å². The average Bonchev–Trinajstić information content (AvgIpc) is 2.46. The molecule has 1 aromatic rings. The third kappa shape index (κ3) is 2.68. The number of para-hydroxylation sites is 1. The van der Waals surface area contributed by atoms with Gasteiger partial charge in [0.2, 0.25) is 5.91 Å². The van der Waals surface area contributed by atoms with Crippen molar-refractivity contribution in [3.8, 4) is 5.75 Å². The van der Waals surface area contributed by atoms with Crippen LogP contribution in [0.1, 0.15) is 10.4 Å². The minimum absolute atomic E-state index is 0.234. The van der Waals surface area contributed by atoms with Crippen LogP contribution in [-0.2, 0) is 4.79 Å². The van der Waals surface area contributed by atoms with E-state index in [4.69, 9.17) is 10.5 Å². The van der Waals surface area contributed by atoms with Gasteiger partial charge < -0.3 is 20.7 Å². The normalized spacial score (nSPS) is 19.0. The first-order valence-corrected chi connectivity index (χ1v) is 6.09. The lowest BCUT2D eigenvalue weighted by molar-refractivity contribution is -0.122. The lowest BCUT2D eigenvalue weighted by Crippen LogP contribution is -2.58. The van der Waals surface area contributed by atoms with E-state index in [0.29, 0.717) is 30.9 Å². The molecule has 1 unspecified atom stereocenters. The Morgan fingerprint density at radius 3 is 2.84 bits per heavy atom. The lowest BCUT2D eigenvalue weighted by Gasteiger charge is -2.34. The van der Waals surface area contributed by atoms with Crippen molar-refractivity contribution in [2.45, 2.75) is 6.04 Å². The quantitative estimate of drug-likeness (QED) is 0.776. The number of rotatable bonds is 3. The van der Waals surface area contributed by atoms with Gasteiger partial charge in [-0.1, -0.05) is 12.1 Å². The summed E-state index contributed by atoms with van der Waals surface area (Å²) in [5.74, 6) is -0.243. The van der Waals surface area contributed by atoms with E-state index in [1.54, 1.807) is 24.3 Å². The number of hydrogen-bond donors (Lipinski definition) is 2. The summed E-state index contributed by atoms with van der Waals surface area (Å²) in [6.45, 7) is 1.48. The van der Waals surface area contributed by atoms with E-state index in [1.165, 1.54) is 12.0 Å². The molecule has 0 aromatic heterocycles. The van der Waals surface area contributed by atoms with Crippen LogP contribution in [-0.4, -0.2) is 49.5 Å². The highest BCUT2D eigenvalue weighted by atomic mass is 16.5. The first kappa shape index (κ1) is 13.4. The minimum atomic E-state index is -0.619. The SMILES string of the molecule is COc1ccccc1C(=O)N1CCNCC1C(N)=O. The van der Waals surface area contributed by atoms with Crippen molar-refractivity contribution >= 4 is 11.8 Å². The zero-order valence-corrected chi connectivity index (χ0v) is 10.8. The first-order valence-electron chi connectivity index (χ1n) is 6.09. The Hall–Kier alpha value is -2.08. The number of methoxy groups -OCH3 is 1. The van der Waals surface area contributed by atoms with Crippen LogP contribution in [0, 0.1) is 0 Å². The molecule has 3 N–H and O–H groups in total. The molecule has 2 amide bonds. The smallest absolute Gasteiger partial charge is 0.258 e. The number of nitrogens with zero attached hydrogens (tertiary/aromatic N) is 1. The molecule has 0 spiro atoms. The summed E-state index contributed by atoms with van der Waals surface area (Å²) < 4.78 is 5.17. The zero-order chi connectivity index (χ0) is 13.8. The number of benzene rings is 1. The lowest BCUT2D eigenvalue weighted by atomic mass is 10.1. The van der Waals surface area contributed by atoms with Gasteiger partial charge in [-0.3, -0.25) is 9.59 Å². The number of nitrogens with two attached hydrogens (primary N) is 1. The number of carbonyl (C=O) groups is 2. The Morgan fingerprint density at radius 1 is 1.42 bits per heavy atom. The van der Waals surface area contributed by atoms with Gasteiger partial charge in [-0.2, -0.15) is 0 Å². The molecule has 6 nitrogen and oxygen atoms in total. The summed E-state index contributed by atoms with van der Waals surface area (Å²) >= 11 is 0. The van der Waals surface area contributed by atoms with Gasteiger partial charge in [0.15, 0.2) is 0 Å². The molecule has 0 saturated carbocycles. The van der Waals surface area contributed by atoms with E-state index in [1.807, 2.05) is 0 Å². The van der Waals surface area contributed by atoms with Crippen molar-refractivity contribution in [1.29, 1.82) is 0 Å². The number of nitrogens with one attached hydrogen (secondary N) is 1. The molecule has 1 saturated heterocycles. The van der Waals surface area contributed by atoms with E-state index >= 15 is 0 Å². The van der Waals surface area contributed by atoms with Crippen LogP contribution < -0.4 is 15.8 Å². The first-order chi connectivity index (χ1) is 9.15. The highest BCUT2D eigenvalue weighted by Gasteiger charge is 2.32. The van der Waals surface area contributed by atoms with Crippen molar-refractivity contribution in [3.05, 3.63) is 29.8 Å². The van der Waals surface area contributed by atoms with Gasteiger partial charge in [-0.05, 0) is 12.1 Å². The molecule has 0 bridgehead atoms. The number of carbonyl (C=O) groups excluding carboxylic acids is 2. The van der Waals surface area contributed by atoms with Gasteiger partial charge in [0.1, 0.15) is 11.8 Å². The molecule has 1 aliphatic rings. The molecule has 1 heterocycles. The fraction of sp³-hybridized carbons (Fsp3) is 0.385. The molecular weight excluding hydrogens is 246 g/mol. The monoisotopic (exact) mass is 263 g/mol. The molecular formula is C13H17N3O3. The number of amides is 2. The molecule has 1 aliphatic heterocycles. The topological polar surface area (TPSA) is 84.7 Å². The molecule has 19 heavy (non-hydrogen) atoms. The van der Waals surface area contributed by atoms with E-state index in [9.17, 15) is 9.59 Å². The van der Waals surface area contributed by atoms with Crippen LogP contribution in [0.4, 0.5) is 0 Å². The number of hydrogen-bond acceptors (Lipinski definition) is 4. The number of primary amides is 1. The number of piperazine rings is 1. The molecule has 0 aliphatic carbocycles. The van der Waals surface area contributed by atoms with E-state index in [-0.39, 0.29) is 5.91 Å². The molecule has 1 aromatic carbocycles. The Kier molecular flexibility index (Phi) is 4.01. The largest absolute Gasteiger partial charge is 0.496 e. The molecule has 102 valence electrons. The summed E-state index contributed by atoms with van der Waals surface area (Å²) in [4.78, 5) is 25.4. The minimum Gasteiger partial charge on any atom is -0.496 e. The van der Waals surface area contributed by atoms with Crippen LogP contribution in [0.25, 0.3) is 0 Å². The standard InChI is InChI=1S/C13H17N3O3/c1-19-11-5-3-2-4-9(11)13(18)16-7-6-15-8-10(16)12(14)17/h2-5,10,15H,6-8H2,1H3,(H2,14,17). The van der Waals surface area contributed by atoms with Crippen LogP contribution in [0.2, 0.25) is 0 Å². The Morgan fingerprint density at radius 2 is 2.16 bits per heavy atom. The van der Waals surface area contributed by atoms with Gasteiger partial charge in [0.25, 0.3) is 5.91 Å². The molecule has 2 rings (SSSR count). The highest BCUT2D eigenvalue weighted by Crippen LogP contribution is 2.20. The molecule has 1 fully saturated rings. The van der Waals surface area contributed by atoms with Gasteiger partial charge in [-0.25, -0.2) is 0 Å². The number of ether oxygens (including phenoxy) is 1. The highest BCUT2D eigenvalue weighted by molar-refractivity contribution is 5.99. The van der Waals surface area contributed by atoms with Crippen LogP contribution in [0.15, 0.2) is 24.3 Å². The maximum atomic E-state index is 12.5. The van der Waals surface area contributed by atoms with Gasteiger partial charge >= 0.3 is 0 Å². The second kappa shape index (κ2) is 5.71. The van der Waals surface area contributed by atoms with Gasteiger partial charge in [-0.15, -0.1) is 0 Å². The fourth-order valence-electron chi connectivity index (χ4n) is 2.18.